The fraction of sp³-hybridized carbons (Fsp3) is 0.600. The van der Waals surface area contributed by atoms with Crippen molar-refractivity contribution in [2.75, 3.05) is 40.6 Å². The van der Waals surface area contributed by atoms with E-state index in [4.69, 9.17) is 14.2 Å². The Morgan fingerprint density at radius 1 is 1.20 bits per heavy atom. The second kappa shape index (κ2) is 9.69. The lowest BCUT2D eigenvalue weighted by atomic mass is 10.0. The number of benzene rings is 1. The Kier molecular flexibility index (Phi) is 8.18. The first-order valence-corrected chi connectivity index (χ1v) is 6.86. The van der Waals surface area contributed by atoms with E-state index in [1.165, 1.54) is 12.1 Å². The topological polar surface area (TPSA) is 39.7 Å². The van der Waals surface area contributed by atoms with E-state index in [-0.39, 0.29) is 11.9 Å². The normalized spacial score (nSPS) is 12.4. The summed E-state index contributed by atoms with van der Waals surface area (Å²) in [5.74, 6) is 0.429. The summed E-state index contributed by atoms with van der Waals surface area (Å²) in [6, 6.07) is 4.58. The van der Waals surface area contributed by atoms with Crippen molar-refractivity contribution in [2.45, 2.75) is 19.4 Å². The van der Waals surface area contributed by atoms with E-state index in [2.05, 4.69) is 5.32 Å². The van der Waals surface area contributed by atoms with Crippen molar-refractivity contribution in [1.82, 2.24) is 5.32 Å². The molecule has 5 heteroatoms. The molecule has 1 aromatic carbocycles. The second-order valence-electron chi connectivity index (χ2n) is 4.39. The lowest BCUT2D eigenvalue weighted by Crippen LogP contribution is -2.23. The van der Waals surface area contributed by atoms with Gasteiger partial charge in [-0.25, -0.2) is 4.39 Å². The predicted octanol–water partition coefficient (Wildman–Crippen LogP) is 2.54. The van der Waals surface area contributed by atoms with Gasteiger partial charge >= 0.3 is 0 Å². The molecule has 0 amide bonds. The number of ether oxygens (including phenoxy) is 3. The molecule has 0 heterocycles. The Labute approximate surface area is 120 Å². The molecule has 0 radical (unpaired) electrons. The van der Waals surface area contributed by atoms with Crippen molar-refractivity contribution in [2.24, 2.45) is 0 Å². The summed E-state index contributed by atoms with van der Waals surface area (Å²) in [5, 5.41) is 3.33. The molecule has 20 heavy (non-hydrogen) atoms. The Balaban J connectivity index is 2.67. The number of halogens is 1. The van der Waals surface area contributed by atoms with Gasteiger partial charge in [0.15, 0.2) is 0 Å². The number of rotatable bonds is 10. The molecule has 0 aliphatic heterocycles. The highest BCUT2D eigenvalue weighted by Crippen LogP contribution is 2.28. The third-order valence-corrected chi connectivity index (χ3v) is 3.00. The molecule has 1 N–H and O–H groups in total. The standard InChI is InChI=1S/C15H24FNO3/c1-4-17-14(7-8-20-10-9-18-2)13-11-12(16)5-6-15(13)19-3/h5-6,11,14,17H,4,7-10H2,1-3H3. The minimum Gasteiger partial charge on any atom is -0.496 e. The zero-order valence-corrected chi connectivity index (χ0v) is 12.4. The zero-order chi connectivity index (χ0) is 14.8. The summed E-state index contributed by atoms with van der Waals surface area (Å²) in [6.45, 7) is 4.54. The number of nitrogens with one attached hydrogen (secondary N) is 1. The van der Waals surface area contributed by atoms with Crippen LogP contribution in [0.3, 0.4) is 0 Å². The molecular formula is C15H24FNO3. The van der Waals surface area contributed by atoms with Crippen molar-refractivity contribution in [3.63, 3.8) is 0 Å². The summed E-state index contributed by atoms with van der Waals surface area (Å²) >= 11 is 0. The first kappa shape index (κ1) is 16.9. The van der Waals surface area contributed by atoms with Crippen LogP contribution in [-0.4, -0.2) is 40.6 Å². The average molecular weight is 285 g/mol. The van der Waals surface area contributed by atoms with Gasteiger partial charge in [0, 0.05) is 25.3 Å². The van der Waals surface area contributed by atoms with E-state index in [1.54, 1.807) is 20.3 Å². The van der Waals surface area contributed by atoms with Gasteiger partial charge < -0.3 is 19.5 Å². The minimum absolute atomic E-state index is 0.00759. The summed E-state index contributed by atoms with van der Waals surface area (Å²) in [6.07, 6.45) is 0.747. The highest BCUT2D eigenvalue weighted by molar-refractivity contribution is 5.36. The summed E-state index contributed by atoms with van der Waals surface area (Å²) in [4.78, 5) is 0. The fourth-order valence-corrected chi connectivity index (χ4v) is 2.04. The molecule has 1 unspecified atom stereocenters. The molecule has 114 valence electrons. The highest BCUT2D eigenvalue weighted by atomic mass is 19.1. The molecule has 0 saturated heterocycles. The molecular weight excluding hydrogens is 261 g/mol. The zero-order valence-electron chi connectivity index (χ0n) is 12.4. The maximum absolute atomic E-state index is 13.4. The van der Waals surface area contributed by atoms with Crippen molar-refractivity contribution >= 4 is 0 Å². The Hall–Kier alpha value is -1.17. The van der Waals surface area contributed by atoms with E-state index < -0.39 is 0 Å². The number of methoxy groups -OCH3 is 2. The monoisotopic (exact) mass is 285 g/mol. The van der Waals surface area contributed by atoms with Gasteiger partial charge in [-0.1, -0.05) is 6.92 Å². The third-order valence-electron chi connectivity index (χ3n) is 3.00. The molecule has 0 bridgehead atoms. The lowest BCUT2D eigenvalue weighted by Gasteiger charge is -2.21. The van der Waals surface area contributed by atoms with Crippen LogP contribution in [0.15, 0.2) is 18.2 Å². The van der Waals surface area contributed by atoms with E-state index in [0.717, 1.165) is 18.5 Å². The molecule has 0 spiro atoms. The summed E-state index contributed by atoms with van der Waals surface area (Å²) in [5.41, 5.74) is 0.824. The Morgan fingerprint density at radius 2 is 2.00 bits per heavy atom. The Bertz CT molecular complexity index is 387. The van der Waals surface area contributed by atoms with Crippen LogP contribution in [0.25, 0.3) is 0 Å². The van der Waals surface area contributed by atoms with E-state index in [0.29, 0.717) is 25.6 Å². The summed E-state index contributed by atoms with van der Waals surface area (Å²) in [7, 11) is 3.23. The van der Waals surface area contributed by atoms with Crippen molar-refractivity contribution < 1.29 is 18.6 Å². The van der Waals surface area contributed by atoms with Gasteiger partial charge in [-0.15, -0.1) is 0 Å². The second-order valence-corrected chi connectivity index (χ2v) is 4.39. The molecule has 0 saturated carbocycles. The molecule has 1 aromatic rings. The molecule has 1 atom stereocenters. The first-order valence-electron chi connectivity index (χ1n) is 6.86. The fourth-order valence-electron chi connectivity index (χ4n) is 2.04. The van der Waals surface area contributed by atoms with Crippen LogP contribution in [0.4, 0.5) is 4.39 Å². The van der Waals surface area contributed by atoms with Crippen LogP contribution in [0, 0.1) is 5.82 Å². The van der Waals surface area contributed by atoms with Gasteiger partial charge in [0.1, 0.15) is 11.6 Å². The van der Waals surface area contributed by atoms with Crippen LogP contribution in [0.1, 0.15) is 24.9 Å². The molecule has 4 nitrogen and oxygen atoms in total. The van der Waals surface area contributed by atoms with Crippen LogP contribution in [0.5, 0.6) is 5.75 Å². The first-order chi connectivity index (χ1) is 9.72. The maximum atomic E-state index is 13.4. The molecule has 0 aliphatic rings. The van der Waals surface area contributed by atoms with Crippen LogP contribution >= 0.6 is 0 Å². The minimum atomic E-state index is -0.260. The molecule has 0 fully saturated rings. The average Bonchev–Trinajstić information content (AvgIpc) is 2.46. The van der Waals surface area contributed by atoms with Gasteiger partial charge in [-0.2, -0.15) is 0 Å². The molecule has 0 aromatic heterocycles. The van der Waals surface area contributed by atoms with Crippen LogP contribution in [-0.2, 0) is 9.47 Å². The van der Waals surface area contributed by atoms with E-state index in [1.807, 2.05) is 6.92 Å². The highest BCUT2D eigenvalue weighted by Gasteiger charge is 2.16. The third kappa shape index (κ3) is 5.45. The van der Waals surface area contributed by atoms with Crippen molar-refractivity contribution in [1.29, 1.82) is 0 Å². The summed E-state index contributed by atoms with van der Waals surface area (Å²) < 4.78 is 29.1. The van der Waals surface area contributed by atoms with Crippen molar-refractivity contribution in [3.05, 3.63) is 29.6 Å². The smallest absolute Gasteiger partial charge is 0.123 e. The van der Waals surface area contributed by atoms with Gasteiger partial charge in [0.2, 0.25) is 0 Å². The van der Waals surface area contributed by atoms with Gasteiger partial charge in [-0.3, -0.25) is 0 Å². The Morgan fingerprint density at radius 3 is 2.65 bits per heavy atom. The van der Waals surface area contributed by atoms with Crippen LogP contribution in [0.2, 0.25) is 0 Å². The maximum Gasteiger partial charge on any atom is 0.123 e. The largest absolute Gasteiger partial charge is 0.496 e. The lowest BCUT2D eigenvalue weighted by molar-refractivity contribution is 0.0657. The molecule has 0 aliphatic carbocycles. The number of hydrogen-bond donors (Lipinski definition) is 1. The van der Waals surface area contributed by atoms with E-state index >= 15 is 0 Å². The predicted molar refractivity (Wildman–Crippen MR) is 76.7 cm³/mol. The SMILES string of the molecule is CCNC(CCOCCOC)c1cc(F)ccc1OC. The van der Waals surface area contributed by atoms with Gasteiger partial charge in [0.25, 0.3) is 0 Å². The van der Waals surface area contributed by atoms with E-state index in [9.17, 15) is 4.39 Å². The van der Waals surface area contributed by atoms with Crippen molar-refractivity contribution in [3.8, 4) is 5.75 Å². The van der Waals surface area contributed by atoms with Gasteiger partial charge in [0.05, 0.1) is 20.3 Å². The quantitative estimate of drug-likeness (QED) is 0.671. The van der Waals surface area contributed by atoms with Gasteiger partial charge in [-0.05, 0) is 31.2 Å². The van der Waals surface area contributed by atoms with Crippen LogP contribution < -0.4 is 10.1 Å². The number of hydrogen-bond acceptors (Lipinski definition) is 4. The molecule has 1 rings (SSSR count).